The monoisotopic (exact) mass is 236 g/mol. The van der Waals surface area contributed by atoms with Gasteiger partial charge in [-0.3, -0.25) is 0 Å². The van der Waals surface area contributed by atoms with Gasteiger partial charge in [-0.25, -0.2) is 13.1 Å². The molecule has 1 heterocycles. The van der Waals surface area contributed by atoms with E-state index in [1.807, 2.05) is 6.92 Å². The number of nitrogens with one attached hydrogen (secondary N) is 2. The normalized spacial score (nSPS) is 21.5. The minimum absolute atomic E-state index is 0.125. The number of ether oxygens (including phenoxy) is 1. The molecule has 0 spiro atoms. The molecule has 0 atom stereocenters. The van der Waals surface area contributed by atoms with Gasteiger partial charge in [-0.1, -0.05) is 0 Å². The first-order valence-corrected chi connectivity index (χ1v) is 6.87. The lowest BCUT2D eigenvalue weighted by molar-refractivity contribution is 0.0537. The Kier molecular flexibility index (Phi) is 4.51. The molecule has 1 saturated heterocycles. The maximum absolute atomic E-state index is 11.7. The van der Waals surface area contributed by atoms with Crippen molar-refractivity contribution in [3.63, 3.8) is 0 Å². The topological polar surface area (TPSA) is 67.4 Å². The van der Waals surface area contributed by atoms with Gasteiger partial charge in [0.25, 0.3) is 0 Å². The van der Waals surface area contributed by atoms with Gasteiger partial charge in [0.1, 0.15) is 0 Å². The van der Waals surface area contributed by atoms with Gasteiger partial charge in [-0.15, -0.1) is 0 Å². The Morgan fingerprint density at radius 3 is 2.47 bits per heavy atom. The van der Waals surface area contributed by atoms with E-state index in [0.29, 0.717) is 19.8 Å². The highest BCUT2D eigenvalue weighted by atomic mass is 32.2. The zero-order valence-electron chi connectivity index (χ0n) is 9.38. The summed E-state index contributed by atoms with van der Waals surface area (Å²) in [6.45, 7) is 3.67. The van der Waals surface area contributed by atoms with E-state index in [2.05, 4.69) is 10.0 Å². The molecule has 1 aliphatic rings. The first-order chi connectivity index (χ1) is 6.97. The van der Waals surface area contributed by atoms with Gasteiger partial charge in [0, 0.05) is 25.3 Å². The van der Waals surface area contributed by atoms with Crippen molar-refractivity contribution < 1.29 is 13.2 Å². The van der Waals surface area contributed by atoms with Crippen LogP contribution in [0.25, 0.3) is 0 Å². The van der Waals surface area contributed by atoms with Gasteiger partial charge in [0.2, 0.25) is 10.0 Å². The predicted molar refractivity (Wildman–Crippen MR) is 59.3 cm³/mol. The average molecular weight is 236 g/mol. The summed E-state index contributed by atoms with van der Waals surface area (Å²) in [5.41, 5.74) is -0.329. The van der Waals surface area contributed by atoms with Gasteiger partial charge < -0.3 is 10.1 Å². The smallest absolute Gasteiger partial charge is 0.213 e. The molecule has 5 nitrogen and oxygen atoms in total. The van der Waals surface area contributed by atoms with Gasteiger partial charge >= 0.3 is 0 Å². The van der Waals surface area contributed by atoms with Crippen LogP contribution in [0.15, 0.2) is 0 Å². The molecule has 0 aromatic heterocycles. The van der Waals surface area contributed by atoms with E-state index >= 15 is 0 Å². The maximum atomic E-state index is 11.7. The highest BCUT2D eigenvalue weighted by molar-refractivity contribution is 7.89. The molecule has 0 aromatic rings. The van der Waals surface area contributed by atoms with Crippen LogP contribution >= 0.6 is 0 Å². The average Bonchev–Trinajstić information content (AvgIpc) is 2.14. The lowest BCUT2D eigenvalue weighted by Gasteiger charge is -2.33. The Hall–Kier alpha value is -0.170. The summed E-state index contributed by atoms with van der Waals surface area (Å²) >= 11 is 0. The second kappa shape index (κ2) is 5.25. The van der Waals surface area contributed by atoms with Crippen molar-refractivity contribution in [1.29, 1.82) is 0 Å². The largest absolute Gasteiger partial charge is 0.381 e. The van der Waals surface area contributed by atoms with Crippen LogP contribution in [0, 0.1) is 0 Å². The van der Waals surface area contributed by atoms with E-state index < -0.39 is 10.0 Å². The van der Waals surface area contributed by atoms with Crippen molar-refractivity contribution in [2.75, 3.05) is 32.6 Å². The number of hydrogen-bond donors (Lipinski definition) is 2. The Morgan fingerprint density at radius 2 is 1.93 bits per heavy atom. The van der Waals surface area contributed by atoms with Crippen molar-refractivity contribution in [1.82, 2.24) is 10.0 Å². The van der Waals surface area contributed by atoms with E-state index in [4.69, 9.17) is 4.74 Å². The van der Waals surface area contributed by atoms with Crippen molar-refractivity contribution in [2.45, 2.75) is 25.3 Å². The highest BCUT2D eigenvalue weighted by Gasteiger charge is 2.31. The molecule has 6 heteroatoms. The maximum Gasteiger partial charge on any atom is 0.213 e. The standard InChI is InChI=1S/C9H20N2O3S/c1-9(3-6-14-7-4-9)11-15(12,13)8-5-10-2/h10-11H,3-8H2,1-2H3. The SMILES string of the molecule is CNCCS(=O)(=O)NC1(C)CCOCC1. The van der Waals surface area contributed by atoms with E-state index in [-0.39, 0.29) is 11.3 Å². The zero-order chi connectivity index (χ0) is 11.4. The number of hydrogen-bond acceptors (Lipinski definition) is 4. The van der Waals surface area contributed by atoms with Gasteiger partial charge in [0.15, 0.2) is 0 Å². The molecule has 0 radical (unpaired) electrons. The molecule has 1 fully saturated rings. The highest BCUT2D eigenvalue weighted by Crippen LogP contribution is 2.20. The first-order valence-electron chi connectivity index (χ1n) is 5.21. The van der Waals surface area contributed by atoms with Crippen LogP contribution in [0.3, 0.4) is 0 Å². The second-order valence-corrected chi connectivity index (χ2v) is 6.04. The third kappa shape index (κ3) is 4.46. The number of rotatable bonds is 5. The molecule has 0 aliphatic carbocycles. The van der Waals surface area contributed by atoms with Crippen LogP contribution in [0.4, 0.5) is 0 Å². The van der Waals surface area contributed by atoms with Crippen LogP contribution in [0.1, 0.15) is 19.8 Å². The lowest BCUT2D eigenvalue weighted by Crippen LogP contribution is -2.50. The molecule has 15 heavy (non-hydrogen) atoms. The minimum atomic E-state index is -3.17. The van der Waals surface area contributed by atoms with Crippen molar-refractivity contribution in [2.24, 2.45) is 0 Å². The van der Waals surface area contributed by atoms with Crippen LogP contribution in [0.2, 0.25) is 0 Å². The number of sulfonamides is 1. The summed E-state index contributed by atoms with van der Waals surface area (Å²) in [7, 11) is -1.43. The molecule has 0 amide bonds. The molecule has 0 unspecified atom stereocenters. The van der Waals surface area contributed by atoms with Gasteiger partial charge in [-0.05, 0) is 26.8 Å². The van der Waals surface area contributed by atoms with Crippen LogP contribution in [-0.4, -0.2) is 46.5 Å². The predicted octanol–water partition coefficient (Wildman–Crippen LogP) is -0.306. The van der Waals surface area contributed by atoms with Crippen LogP contribution in [-0.2, 0) is 14.8 Å². The Morgan fingerprint density at radius 1 is 1.33 bits per heavy atom. The molecule has 0 aromatic carbocycles. The van der Waals surface area contributed by atoms with Crippen LogP contribution < -0.4 is 10.0 Å². The quantitative estimate of drug-likeness (QED) is 0.687. The van der Waals surface area contributed by atoms with E-state index in [9.17, 15) is 8.42 Å². The fourth-order valence-corrected chi connectivity index (χ4v) is 3.12. The molecular weight excluding hydrogens is 216 g/mol. The molecule has 1 rings (SSSR count). The van der Waals surface area contributed by atoms with Crippen molar-refractivity contribution in [3.8, 4) is 0 Å². The fraction of sp³-hybridized carbons (Fsp3) is 1.00. The lowest BCUT2D eigenvalue weighted by atomic mass is 9.94. The molecule has 90 valence electrons. The third-order valence-electron chi connectivity index (χ3n) is 2.62. The van der Waals surface area contributed by atoms with E-state index in [1.54, 1.807) is 7.05 Å². The Labute approximate surface area is 91.6 Å². The summed E-state index contributed by atoms with van der Waals surface area (Å²) in [5, 5.41) is 2.83. The molecule has 0 saturated carbocycles. The minimum Gasteiger partial charge on any atom is -0.381 e. The Balaban J connectivity index is 2.51. The summed E-state index contributed by atoms with van der Waals surface area (Å²) in [6, 6.07) is 0. The Bertz CT molecular complexity index is 284. The van der Waals surface area contributed by atoms with Crippen LogP contribution in [0.5, 0.6) is 0 Å². The molecule has 1 aliphatic heterocycles. The fourth-order valence-electron chi connectivity index (χ4n) is 1.59. The third-order valence-corrected chi connectivity index (χ3v) is 4.16. The molecule has 2 N–H and O–H groups in total. The van der Waals surface area contributed by atoms with E-state index in [0.717, 1.165) is 12.8 Å². The van der Waals surface area contributed by atoms with Gasteiger partial charge in [-0.2, -0.15) is 0 Å². The zero-order valence-corrected chi connectivity index (χ0v) is 10.2. The summed E-state index contributed by atoms with van der Waals surface area (Å²) in [5.74, 6) is 0.125. The van der Waals surface area contributed by atoms with Gasteiger partial charge in [0.05, 0.1) is 5.75 Å². The first kappa shape index (κ1) is 12.9. The van der Waals surface area contributed by atoms with E-state index in [1.165, 1.54) is 0 Å². The summed E-state index contributed by atoms with van der Waals surface area (Å²) in [6.07, 6.45) is 1.48. The summed E-state index contributed by atoms with van der Waals surface area (Å²) < 4.78 is 31.3. The summed E-state index contributed by atoms with van der Waals surface area (Å²) in [4.78, 5) is 0. The molecule has 0 bridgehead atoms. The second-order valence-electron chi connectivity index (χ2n) is 4.20. The molecular formula is C9H20N2O3S. The van der Waals surface area contributed by atoms with Crippen molar-refractivity contribution in [3.05, 3.63) is 0 Å². The van der Waals surface area contributed by atoms with Crippen molar-refractivity contribution >= 4 is 10.0 Å².